The van der Waals surface area contributed by atoms with Crippen LogP contribution in [0.15, 0.2) is 12.2 Å². The summed E-state index contributed by atoms with van der Waals surface area (Å²) in [6.07, 6.45) is 5.33. The largest absolute Gasteiger partial charge is 0.465 e. The van der Waals surface area contributed by atoms with Crippen LogP contribution in [0.1, 0.15) is 19.3 Å². The van der Waals surface area contributed by atoms with Crippen LogP contribution in [-0.2, 0) is 14.3 Å². The monoisotopic (exact) mass is 166 g/mol. The molecule has 1 heterocycles. The van der Waals surface area contributed by atoms with Gasteiger partial charge in [-0.25, -0.2) is 0 Å². The van der Waals surface area contributed by atoms with Gasteiger partial charge in [0, 0.05) is 6.42 Å². The summed E-state index contributed by atoms with van der Waals surface area (Å²) in [5, 5.41) is 0. The number of cyclic esters (lactones) is 1. The predicted molar refractivity (Wildman–Crippen MR) is 41.4 cm³/mol. The number of hydrogen-bond donors (Lipinski definition) is 0. The highest BCUT2D eigenvalue weighted by Gasteiger charge is 2.49. The molecular weight excluding hydrogens is 156 g/mol. The maximum Gasteiger partial charge on any atom is 0.320 e. The summed E-state index contributed by atoms with van der Waals surface area (Å²) in [6, 6.07) is 0. The summed E-state index contributed by atoms with van der Waals surface area (Å²) in [5.41, 5.74) is -0.797. The van der Waals surface area contributed by atoms with Crippen LogP contribution >= 0.6 is 0 Å². The van der Waals surface area contributed by atoms with Crippen LogP contribution in [-0.4, -0.2) is 18.4 Å². The third kappa shape index (κ3) is 0.823. The summed E-state index contributed by atoms with van der Waals surface area (Å²) in [7, 11) is 0. The first kappa shape index (κ1) is 7.53. The van der Waals surface area contributed by atoms with Crippen LogP contribution in [0.25, 0.3) is 0 Å². The van der Waals surface area contributed by atoms with Crippen molar-refractivity contribution in [2.45, 2.75) is 19.3 Å². The van der Waals surface area contributed by atoms with Crippen LogP contribution in [0, 0.1) is 5.41 Å². The molecule has 0 aromatic carbocycles. The summed E-state index contributed by atoms with van der Waals surface area (Å²) in [5.74, 6) is -0.395. The van der Waals surface area contributed by atoms with Crippen LogP contribution in [0.4, 0.5) is 0 Å². The predicted octanol–water partition coefficient (Wildman–Crippen LogP) is 0.839. The molecule has 3 nitrogen and oxygen atoms in total. The zero-order chi connectivity index (χ0) is 8.60. The molecule has 1 saturated heterocycles. The number of ketones is 1. The number of rotatable bonds is 0. The van der Waals surface area contributed by atoms with E-state index in [1.165, 1.54) is 6.08 Å². The topological polar surface area (TPSA) is 43.4 Å². The highest BCUT2D eigenvalue weighted by Crippen LogP contribution is 2.38. The van der Waals surface area contributed by atoms with Crippen LogP contribution in [0.2, 0.25) is 0 Å². The summed E-state index contributed by atoms with van der Waals surface area (Å²) < 4.78 is 4.82. The number of ether oxygens (including phenoxy) is 1. The van der Waals surface area contributed by atoms with Crippen LogP contribution < -0.4 is 0 Å². The van der Waals surface area contributed by atoms with E-state index in [4.69, 9.17) is 4.74 Å². The smallest absolute Gasteiger partial charge is 0.320 e. The van der Waals surface area contributed by atoms with Gasteiger partial charge in [0.05, 0.1) is 6.61 Å². The van der Waals surface area contributed by atoms with Crippen molar-refractivity contribution in [3.05, 3.63) is 12.2 Å². The first-order chi connectivity index (χ1) is 5.76. The Hall–Kier alpha value is -1.12. The molecule has 0 amide bonds. The Morgan fingerprint density at radius 3 is 2.75 bits per heavy atom. The minimum absolute atomic E-state index is 0.0729. The third-order valence-electron chi connectivity index (χ3n) is 2.63. The fraction of sp³-hybridized carbons (Fsp3) is 0.556. The second kappa shape index (κ2) is 2.44. The molecule has 64 valence electrons. The molecule has 1 spiro atoms. The van der Waals surface area contributed by atoms with Gasteiger partial charge in [-0.15, -0.1) is 0 Å². The number of hydrogen-bond acceptors (Lipinski definition) is 3. The zero-order valence-electron chi connectivity index (χ0n) is 6.71. The second-order valence-corrected chi connectivity index (χ2v) is 3.27. The fourth-order valence-electron chi connectivity index (χ4n) is 1.81. The second-order valence-electron chi connectivity index (χ2n) is 3.27. The van der Waals surface area contributed by atoms with Gasteiger partial charge in [0.2, 0.25) is 0 Å². The molecule has 1 fully saturated rings. The number of esters is 1. The van der Waals surface area contributed by atoms with E-state index in [0.717, 1.165) is 6.42 Å². The lowest BCUT2D eigenvalue weighted by atomic mass is 9.75. The zero-order valence-corrected chi connectivity index (χ0v) is 6.71. The summed E-state index contributed by atoms with van der Waals surface area (Å²) in [4.78, 5) is 22.7. The van der Waals surface area contributed by atoms with E-state index < -0.39 is 5.41 Å². The van der Waals surface area contributed by atoms with Gasteiger partial charge in [0.15, 0.2) is 5.78 Å². The van der Waals surface area contributed by atoms with Crippen molar-refractivity contribution in [3.63, 3.8) is 0 Å². The number of carbonyl (C=O) groups excluding carboxylic acids is 2. The Morgan fingerprint density at radius 2 is 2.17 bits per heavy atom. The molecule has 12 heavy (non-hydrogen) atoms. The van der Waals surface area contributed by atoms with Gasteiger partial charge in [0.1, 0.15) is 5.41 Å². The summed E-state index contributed by atoms with van der Waals surface area (Å²) in [6.45, 7) is 0.401. The molecule has 0 saturated carbocycles. The molecule has 0 aromatic rings. The molecular formula is C9H10O3. The summed E-state index contributed by atoms with van der Waals surface area (Å²) >= 11 is 0. The standard InChI is InChI=1S/C9H10O3/c10-7-3-1-2-4-9(7)5-6-12-8(9)11/h1,3H,2,4-6H2. The van der Waals surface area contributed by atoms with E-state index in [9.17, 15) is 9.59 Å². The highest BCUT2D eigenvalue weighted by atomic mass is 16.5. The first-order valence-electron chi connectivity index (χ1n) is 4.14. The Morgan fingerprint density at radius 1 is 1.33 bits per heavy atom. The van der Waals surface area contributed by atoms with Crippen molar-refractivity contribution < 1.29 is 14.3 Å². The minimum Gasteiger partial charge on any atom is -0.465 e. The average Bonchev–Trinajstić information content (AvgIpc) is 2.41. The third-order valence-corrected chi connectivity index (χ3v) is 2.63. The van der Waals surface area contributed by atoms with Gasteiger partial charge in [-0.2, -0.15) is 0 Å². The molecule has 2 rings (SSSR count). The lowest BCUT2D eigenvalue weighted by molar-refractivity contribution is -0.150. The molecule has 1 aliphatic carbocycles. The first-order valence-corrected chi connectivity index (χ1v) is 4.14. The SMILES string of the molecule is O=C1C=CCCC12CCOC2=O. The van der Waals surface area contributed by atoms with Crippen molar-refractivity contribution in [2.24, 2.45) is 5.41 Å². The highest BCUT2D eigenvalue weighted by molar-refractivity contribution is 6.10. The molecule has 1 aliphatic heterocycles. The normalized spacial score (nSPS) is 34.3. The van der Waals surface area contributed by atoms with Crippen molar-refractivity contribution >= 4 is 11.8 Å². The van der Waals surface area contributed by atoms with Gasteiger partial charge in [-0.05, 0) is 18.9 Å². The van der Waals surface area contributed by atoms with Crippen molar-refractivity contribution in [2.75, 3.05) is 6.61 Å². The van der Waals surface area contributed by atoms with Crippen LogP contribution in [0.3, 0.4) is 0 Å². The molecule has 0 radical (unpaired) electrons. The number of allylic oxidation sites excluding steroid dienone is 2. The maximum absolute atomic E-state index is 11.4. The van der Waals surface area contributed by atoms with Gasteiger partial charge in [-0.3, -0.25) is 9.59 Å². The Bertz CT molecular complexity index is 267. The molecule has 1 atom stereocenters. The molecule has 0 bridgehead atoms. The fourth-order valence-corrected chi connectivity index (χ4v) is 1.81. The molecule has 3 heteroatoms. The van der Waals surface area contributed by atoms with Gasteiger partial charge < -0.3 is 4.74 Å². The van der Waals surface area contributed by atoms with Crippen molar-refractivity contribution in [1.82, 2.24) is 0 Å². The molecule has 0 aromatic heterocycles. The van der Waals surface area contributed by atoms with E-state index in [-0.39, 0.29) is 11.8 Å². The Kier molecular flexibility index (Phi) is 1.53. The molecule has 2 aliphatic rings. The van der Waals surface area contributed by atoms with Crippen LogP contribution in [0.5, 0.6) is 0 Å². The maximum atomic E-state index is 11.4. The average molecular weight is 166 g/mol. The Balaban J connectivity index is 2.35. The quantitative estimate of drug-likeness (QED) is 0.395. The van der Waals surface area contributed by atoms with Gasteiger partial charge in [-0.1, -0.05) is 6.08 Å². The van der Waals surface area contributed by atoms with E-state index in [2.05, 4.69) is 0 Å². The van der Waals surface area contributed by atoms with E-state index in [0.29, 0.717) is 19.4 Å². The van der Waals surface area contributed by atoms with Crippen molar-refractivity contribution in [1.29, 1.82) is 0 Å². The van der Waals surface area contributed by atoms with E-state index >= 15 is 0 Å². The lowest BCUT2D eigenvalue weighted by Gasteiger charge is -2.23. The molecule has 0 N–H and O–H groups in total. The van der Waals surface area contributed by atoms with Gasteiger partial charge in [0.25, 0.3) is 0 Å². The van der Waals surface area contributed by atoms with E-state index in [1.54, 1.807) is 0 Å². The van der Waals surface area contributed by atoms with Gasteiger partial charge >= 0.3 is 5.97 Å². The number of carbonyl (C=O) groups is 2. The lowest BCUT2D eigenvalue weighted by Crippen LogP contribution is -2.36. The van der Waals surface area contributed by atoms with Crippen molar-refractivity contribution in [3.8, 4) is 0 Å². The van der Waals surface area contributed by atoms with E-state index in [1.807, 2.05) is 6.08 Å². The molecule has 1 unspecified atom stereocenters. The Labute approximate surface area is 70.4 Å². The minimum atomic E-state index is -0.797.